The normalized spacial score (nSPS) is 10.9. The number of aliphatic hydroxyl groups excluding tert-OH is 1. The van der Waals surface area contributed by atoms with Crippen LogP contribution in [0.5, 0.6) is 0 Å². The Balaban J connectivity index is 1.97. The quantitative estimate of drug-likeness (QED) is 0.384. The molecule has 9 nitrogen and oxygen atoms in total. The van der Waals surface area contributed by atoms with E-state index in [1.165, 1.54) is 12.1 Å². The number of unbranched alkanes of at least 4 members (excludes halogenated alkanes) is 1. The molecule has 0 aliphatic rings. The summed E-state index contributed by atoms with van der Waals surface area (Å²) in [6.07, 6.45) is 0.702. The Morgan fingerprint density at radius 1 is 0.941 bits per heavy atom. The highest BCUT2D eigenvalue weighted by atomic mass is 16.6. The number of carboxylic acid groups (broad SMARTS) is 1. The lowest BCUT2D eigenvalue weighted by molar-refractivity contribution is 0.0523. The molecular weight excluding hydrogens is 438 g/mol. The minimum absolute atomic E-state index is 0.0432. The second-order valence-electron chi connectivity index (χ2n) is 8.84. The number of benzene rings is 2. The van der Waals surface area contributed by atoms with Crippen LogP contribution in [0.2, 0.25) is 0 Å². The molecule has 184 valence electrons. The summed E-state index contributed by atoms with van der Waals surface area (Å²) in [6, 6.07) is 13.2. The number of hydrogen-bond donors (Lipinski definition) is 4. The number of amides is 3. The van der Waals surface area contributed by atoms with Gasteiger partial charge in [-0.1, -0.05) is 24.3 Å². The Morgan fingerprint density at radius 3 is 2.12 bits per heavy atom. The standard InChI is InChI=1S/C25H33N3O6/c1-25(2,3)34-24(33)26-16-18-8-12-21(13-9-18)27-23(32)28(14-4-5-15-29)17-19-6-10-20(11-7-19)22(30)31/h6-13,29H,4-5,14-17H2,1-3H3,(H,26,33)(H,27,32)(H,30,31). The fraction of sp³-hybridized carbons (Fsp3) is 0.400. The predicted molar refractivity (Wildman–Crippen MR) is 129 cm³/mol. The van der Waals surface area contributed by atoms with Gasteiger partial charge in [-0.2, -0.15) is 0 Å². The first kappa shape index (κ1) is 26.7. The van der Waals surface area contributed by atoms with Gasteiger partial charge in [-0.3, -0.25) is 0 Å². The van der Waals surface area contributed by atoms with Crippen molar-refractivity contribution in [2.24, 2.45) is 0 Å². The SMILES string of the molecule is CC(C)(C)OC(=O)NCc1ccc(NC(=O)N(CCCCO)Cc2ccc(C(=O)O)cc2)cc1. The number of aliphatic hydroxyl groups is 1. The summed E-state index contributed by atoms with van der Waals surface area (Å²) in [5.74, 6) is -1.01. The lowest BCUT2D eigenvalue weighted by atomic mass is 10.1. The van der Waals surface area contributed by atoms with Crippen molar-refractivity contribution in [2.45, 2.75) is 52.3 Å². The summed E-state index contributed by atoms with van der Waals surface area (Å²) in [6.45, 7) is 6.46. The van der Waals surface area contributed by atoms with E-state index >= 15 is 0 Å². The average Bonchev–Trinajstić information content (AvgIpc) is 2.77. The molecule has 0 aliphatic heterocycles. The van der Waals surface area contributed by atoms with Crippen molar-refractivity contribution in [3.8, 4) is 0 Å². The van der Waals surface area contributed by atoms with Crippen molar-refractivity contribution in [2.75, 3.05) is 18.5 Å². The van der Waals surface area contributed by atoms with Gasteiger partial charge < -0.3 is 30.5 Å². The number of nitrogens with one attached hydrogen (secondary N) is 2. The van der Waals surface area contributed by atoms with E-state index in [2.05, 4.69) is 10.6 Å². The molecule has 0 fully saturated rings. The Morgan fingerprint density at radius 2 is 1.56 bits per heavy atom. The van der Waals surface area contributed by atoms with Gasteiger partial charge in [0, 0.05) is 31.9 Å². The molecular formula is C25H33N3O6. The molecule has 0 spiro atoms. The summed E-state index contributed by atoms with van der Waals surface area (Å²) in [4.78, 5) is 37.4. The van der Waals surface area contributed by atoms with Gasteiger partial charge >= 0.3 is 18.1 Å². The molecule has 2 aromatic carbocycles. The van der Waals surface area contributed by atoms with Crippen LogP contribution in [0.3, 0.4) is 0 Å². The van der Waals surface area contributed by atoms with Gasteiger partial charge in [-0.25, -0.2) is 14.4 Å². The number of urea groups is 1. The van der Waals surface area contributed by atoms with Gasteiger partial charge in [0.05, 0.1) is 5.56 Å². The number of carboxylic acids is 1. The highest BCUT2D eigenvalue weighted by molar-refractivity contribution is 5.89. The number of carbonyl (C=O) groups excluding carboxylic acids is 2. The third-order valence-electron chi connectivity index (χ3n) is 4.74. The van der Waals surface area contributed by atoms with Crippen molar-refractivity contribution in [3.63, 3.8) is 0 Å². The van der Waals surface area contributed by atoms with E-state index < -0.39 is 17.7 Å². The largest absolute Gasteiger partial charge is 0.478 e. The molecule has 34 heavy (non-hydrogen) atoms. The van der Waals surface area contributed by atoms with E-state index in [1.54, 1.807) is 62.1 Å². The Hall–Kier alpha value is -3.59. The minimum Gasteiger partial charge on any atom is -0.478 e. The molecule has 0 bridgehead atoms. The van der Waals surface area contributed by atoms with Gasteiger partial charge in [-0.05, 0) is 69.0 Å². The van der Waals surface area contributed by atoms with Gasteiger partial charge in [0.1, 0.15) is 5.60 Å². The van der Waals surface area contributed by atoms with Gasteiger partial charge in [0.25, 0.3) is 0 Å². The van der Waals surface area contributed by atoms with E-state index in [0.29, 0.717) is 38.2 Å². The van der Waals surface area contributed by atoms with E-state index in [0.717, 1.165) is 11.1 Å². The Labute approximate surface area is 199 Å². The number of hydrogen-bond acceptors (Lipinski definition) is 5. The number of aromatic carboxylic acids is 1. The smallest absolute Gasteiger partial charge is 0.407 e. The molecule has 2 rings (SSSR count). The highest BCUT2D eigenvalue weighted by Crippen LogP contribution is 2.14. The summed E-state index contributed by atoms with van der Waals surface area (Å²) < 4.78 is 5.21. The molecule has 0 heterocycles. The fourth-order valence-corrected chi connectivity index (χ4v) is 3.04. The predicted octanol–water partition coefficient (Wildman–Crippen LogP) is 4.22. The van der Waals surface area contributed by atoms with Crippen molar-refractivity contribution >= 4 is 23.8 Å². The first-order valence-corrected chi connectivity index (χ1v) is 11.1. The van der Waals surface area contributed by atoms with Crippen LogP contribution >= 0.6 is 0 Å². The van der Waals surface area contributed by atoms with Crippen LogP contribution in [0.4, 0.5) is 15.3 Å². The van der Waals surface area contributed by atoms with Gasteiger partial charge in [0.15, 0.2) is 0 Å². The van der Waals surface area contributed by atoms with Crippen LogP contribution in [0, 0.1) is 0 Å². The van der Waals surface area contributed by atoms with E-state index in [1.807, 2.05) is 0 Å². The van der Waals surface area contributed by atoms with Crippen molar-refractivity contribution in [1.29, 1.82) is 0 Å². The maximum Gasteiger partial charge on any atom is 0.407 e. The third kappa shape index (κ3) is 9.50. The molecule has 0 atom stereocenters. The maximum atomic E-state index is 12.9. The van der Waals surface area contributed by atoms with Crippen LogP contribution < -0.4 is 10.6 Å². The molecule has 0 unspecified atom stereocenters. The summed E-state index contributed by atoms with van der Waals surface area (Å²) in [7, 11) is 0. The van der Waals surface area contributed by atoms with E-state index in [4.69, 9.17) is 14.9 Å². The lowest BCUT2D eigenvalue weighted by Gasteiger charge is -2.23. The van der Waals surface area contributed by atoms with Crippen LogP contribution in [0.1, 0.15) is 55.1 Å². The zero-order valence-electron chi connectivity index (χ0n) is 19.8. The second kappa shape index (κ2) is 12.6. The summed E-state index contributed by atoms with van der Waals surface area (Å²) >= 11 is 0. The average molecular weight is 472 g/mol. The maximum absolute atomic E-state index is 12.9. The zero-order valence-corrected chi connectivity index (χ0v) is 19.8. The minimum atomic E-state index is -1.01. The number of nitrogens with zero attached hydrogens (tertiary/aromatic N) is 1. The first-order valence-electron chi connectivity index (χ1n) is 11.1. The van der Waals surface area contributed by atoms with Crippen LogP contribution in [0.15, 0.2) is 48.5 Å². The van der Waals surface area contributed by atoms with Crippen molar-refractivity contribution in [1.82, 2.24) is 10.2 Å². The number of alkyl carbamates (subject to hydrolysis) is 1. The Kier molecular flexibility index (Phi) is 9.88. The lowest BCUT2D eigenvalue weighted by Crippen LogP contribution is -2.35. The Bertz CT molecular complexity index is 952. The third-order valence-corrected chi connectivity index (χ3v) is 4.74. The topological polar surface area (TPSA) is 128 Å². The molecule has 0 aromatic heterocycles. The highest BCUT2D eigenvalue weighted by Gasteiger charge is 2.16. The molecule has 0 aliphatic carbocycles. The van der Waals surface area contributed by atoms with Gasteiger partial charge in [-0.15, -0.1) is 0 Å². The second-order valence-corrected chi connectivity index (χ2v) is 8.84. The molecule has 4 N–H and O–H groups in total. The zero-order chi connectivity index (χ0) is 25.1. The number of rotatable bonds is 10. The molecule has 9 heteroatoms. The van der Waals surface area contributed by atoms with Crippen LogP contribution in [-0.2, 0) is 17.8 Å². The van der Waals surface area contributed by atoms with Gasteiger partial charge in [0.2, 0.25) is 0 Å². The van der Waals surface area contributed by atoms with Crippen molar-refractivity contribution < 1.29 is 29.3 Å². The van der Waals surface area contributed by atoms with Crippen LogP contribution in [0.25, 0.3) is 0 Å². The van der Waals surface area contributed by atoms with E-state index in [9.17, 15) is 14.4 Å². The molecule has 0 saturated carbocycles. The number of carbonyl (C=O) groups is 3. The molecule has 0 radical (unpaired) electrons. The van der Waals surface area contributed by atoms with Crippen LogP contribution in [-0.4, -0.2) is 52.0 Å². The molecule has 3 amide bonds. The first-order chi connectivity index (χ1) is 16.1. The summed E-state index contributed by atoms with van der Waals surface area (Å²) in [5.41, 5.74) is 1.86. The monoisotopic (exact) mass is 471 g/mol. The fourth-order valence-electron chi connectivity index (χ4n) is 3.04. The van der Waals surface area contributed by atoms with E-state index in [-0.39, 0.29) is 18.2 Å². The van der Waals surface area contributed by atoms with Crippen molar-refractivity contribution in [3.05, 3.63) is 65.2 Å². The molecule has 0 saturated heterocycles. The molecule has 2 aromatic rings. The summed E-state index contributed by atoms with van der Waals surface area (Å²) in [5, 5.41) is 23.7. The number of ether oxygens (including phenoxy) is 1. The number of anilines is 1.